The number of nitriles is 1. The molecule has 0 fully saturated rings. The minimum Gasteiger partial charge on any atom is -0.493 e. The number of nitrogens with zero attached hydrogens (tertiary/aromatic N) is 4. The molecule has 1 aromatic heterocycles. The van der Waals surface area contributed by atoms with Crippen molar-refractivity contribution in [3.63, 3.8) is 0 Å². The fourth-order valence-corrected chi connectivity index (χ4v) is 3.65. The van der Waals surface area contributed by atoms with Gasteiger partial charge in [0.05, 0.1) is 17.8 Å². The van der Waals surface area contributed by atoms with Gasteiger partial charge in [0, 0.05) is 24.9 Å². The van der Waals surface area contributed by atoms with Gasteiger partial charge in [-0.3, -0.25) is 0 Å². The van der Waals surface area contributed by atoms with E-state index in [9.17, 15) is 10.1 Å². The van der Waals surface area contributed by atoms with E-state index in [0.29, 0.717) is 37.5 Å². The molecular weight excluding hydrogens is 458 g/mol. The van der Waals surface area contributed by atoms with Gasteiger partial charge in [-0.15, -0.1) is 0 Å². The lowest BCUT2D eigenvalue weighted by molar-refractivity contribution is 0.0258. The summed E-state index contributed by atoms with van der Waals surface area (Å²) >= 11 is 0. The topological polar surface area (TPSA) is 127 Å². The SMILES string of the molecule is C=C(OCCC)/C(C#N)=C\C(=C/N)c1nc(-c2ccc3c(c2)CCN(C(=O)OC(C)(C)C)CC3)no1. The molecule has 1 amide bonds. The van der Waals surface area contributed by atoms with Crippen LogP contribution in [0.1, 0.15) is 51.1 Å². The second-order valence-corrected chi connectivity index (χ2v) is 9.44. The average Bonchev–Trinajstić information content (AvgIpc) is 3.22. The molecule has 9 nitrogen and oxygen atoms in total. The summed E-state index contributed by atoms with van der Waals surface area (Å²) in [6, 6.07) is 8.04. The van der Waals surface area contributed by atoms with Crippen LogP contribution in [0.15, 0.2) is 52.9 Å². The van der Waals surface area contributed by atoms with E-state index in [1.165, 1.54) is 17.8 Å². The maximum Gasteiger partial charge on any atom is 0.410 e. The highest BCUT2D eigenvalue weighted by atomic mass is 16.6. The Bertz CT molecular complexity index is 1210. The van der Waals surface area contributed by atoms with Crippen LogP contribution in [0, 0.1) is 11.3 Å². The largest absolute Gasteiger partial charge is 0.493 e. The molecule has 0 saturated carbocycles. The standard InChI is InChI=1S/C27H33N5O4/c1-6-13-34-18(2)22(16-28)15-23(17-29)25-30-24(31-36-25)21-8-7-19-9-11-32(12-10-20(19)14-21)26(33)35-27(3,4)5/h7-8,14-15,17H,2,6,9-13,29H2,1,3-5H3/b22-15-,23-17+. The van der Waals surface area contributed by atoms with Crippen LogP contribution < -0.4 is 5.73 Å². The summed E-state index contributed by atoms with van der Waals surface area (Å²) in [5.74, 6) is 0.826. The summed E-state index contributed by atoms with van der Waals surface area (Å²) in [6.45, 7) is 13.0. The first-order valence-corrected chi connectivity index (χ1v) is 11.9. The predicted octanol–water partition coefficient (Wildman–Crippen LogP) is 4.76. The quantitative estimate of drug-likeness (QED) is 0.333. The van der Waals surface area contributed by atoms with Crippen molar-refractivity contribution < 1.29 is 18.8 Å². The van der Waals surface area contributed by atoms with Crippen molar-refractivity contribution in [1.29, 1.82) is 5.26 Å². The van der Waals surface area contributed by atoms with E-state index in [0.717, 1.165) is 24.0 Å². The number of benzene rings is 1. The number of hydrogen-bond donors (Lipinski definition) is 1. The number of fused-ring (bicyclic) bond motifs is 1. The van der Waals surface area contributed by atoms with Gasteiger partial charge in [0.2, 0.25) is 5.82 Å². The molecule has 0 bridgehead atoms. The zero-order valence-corrected chi connectivity index (χ0v) is 21.3. The third-order valence-corrected chi connectivity index (χ3v) is 5.47. The van der Waals surface area contributed by atoms with Gasteiger partial charge in [-0.05, 0) is 63.3 Å². The summed E-state index contributed by atoms with van der Waals surface area (Å²) in [5.41, 5.74) is 8.93. The highest BCUT2D eigenvalue weighted by Crippen LogP contribution is 2.26. The number of rotatable bonds is 7. The molecule has 36 heavy (non-hydrogen) atoms. The normalized spacial score (nSPS) is 14.5. The number of aromatic nitrogens is 2. The molecule has 0 spiro atoms. The molecule has 1 aliphatic rings. The van der Waals surface area contributed by atoms with Crippen molar-refractivity contribution in [2.24, 2.45) is 5.73 Å². The third kappa shape index (κ3) is 6.75. The smallest absolute Gasteiger partial charge is 0.410 e. The Morgan fingerprint density at radius 2 is 2.03 bits per heavy atom. The molecule has 2 aromatic rings. The summed E-state index contributed by atoms with van der Waals surface area (Å²) in [6.07, 6.45) is 4.73. The summed E-state index contributed by atoms with van der Waals surface area (Å²) in [4.78, 5) is 18.7. The molecule has 2 N–H and O–H groups in total. The summed E-state index contributed by atoms with van der Waals surface area (Å²) < 4.78 is 16.4. The molecule has 1 aromatic carbocycles. The Labute approximate surface area is 211 Å². The van der Waals surface area contributed by atoms with Crippen LogP contribution in [-0.2, 0) is 22.3 Å². The fraction of sp³-hybridized carbons (Fsp3) is 0.407. The fourth-order valence-electron chi connectivity index (χ4n) is 3.65. The highest BCUT2D eigenvalue weighted by Gasteiger charge is 2.24. The monoisotopic (exact) mass is 491 g/mol. The first-order chi connectivity index (χ1) is 17.1. The maximum atomic E-state index is 12.5. The van der Waals surface area contributed by atoms with E-state index in [1.54, 1.807) is 4.90 Å². The van der Waals surface area contributed by atoms with E-state index in [4.69, 9.17) is 19.7 Å². The Morgan fingerprint density at radius 1 is 1.31 bits per heavy atom. The first-order valence-electron chi connectivity index (χ1n) is 11.9. The van der Waals surface area contributed by atoms with E-state index < -0.39 is 5.60 Å². The molecular formula is C27H33N5O4. The van der Waals surface area contributed by atoms with Crippen LogP contribution >= 0.6 is 0 Å². The minimum absolute atomic E-state index is 0.176. The lowest BCUT2D eigenvalue weighted by Gasteiger charge is -2.26. The minimum atomic E-state index is -0.532. The van der Waals surface area contributed by atoms with Crippen molar-refractivity contribution in [1.82, 2.24) is 15.0 Å². The van der Waals surface area contributed by atoms with E-state index >= 15 is 0 Å². The van der Waals surface area contributed by atoms with Crippen LogP contribution in [0.2, 0.25) is 0 Å². The summed E-state index contributed by atoms with van der Waals surface area (Å²) in [7, 11) is 0. The maximum absolute atomic E-state index is 12.5. The molecule has 0 radical (unpaired) electrons. The Kier molecular flexibility index (Phi) is 8.54. The average molecular weight is 492 g/mol. The van der Waals surface area contributed by atoms with Crippen molar-refractivity contribution in [2.75, 3.05) is 19.7 Å². The van der Waals surface area contributed by atoms with Crippen LogP contribution in [0.3, 0.4) is 0 Å². The van der Waals surface area contributed by atoms with Gasteiger partial charge in [-0.25, -0.2) is 4.79 Å². The number of ether oxygens (including phenoxy) is 2. The number of allylic oxidation sites excluding steroid dienone is 3. The van der Waals surface area contributed by atoms with E-state index in [-0.39, 0.29) is 23.3 Å². The van der Waals surface area contributed by atoms with Gasteiger partial charge in [-0.2, -0.15) is 10.2 Å². The zero-order valence-electron chi connectivity index (χ0n) is 21.3. The van der Waals surface area contributed by atoms with Gasteiger partial charge in [0.25, 0.3) is 5.89 Å². The van der Waals surface area contributed by atoms with E-state index in [2.05, 4.69) is 22.8 Å². The Balaban J connectivity index is 1.77. The van der Waals surface area contributed by atoms with Gasteiger partial charge in [0.15, 0.2) is 0 Å². The molecule has 0 atom stereocenters. The molecule has 3 rings (SSSR count). The molecule has 0 unspecified atom stereocenters. The van der Waals surface area contributed by atoms with Crippen LogP contribution in [0.25, 0.3) is 17.0 Å². The number of carbonyl (C=O) groups is 1. The summed E-state index contributed by atoms with van der Waals surface area (Å²) in [5, 5.41) is 13.6. The van der Waals surface area contributed by atoms with Crippen LogP contribution in [0.4, 0.5) is 4.79 Å². The Hall–Kier alpha value is -4.06. The number of carbonyl (C=O) groups excluding carboxylic acids is 1. The molecule has 1 aliphatic heterocycles. The van der Waals surface area contributed by atoms with Crippen molar-refractivity contribution >= 4 is 11.7 Å². The van der Waals surface area contributed by atoms with Gasteiger partial charge >= 0.3 is 6.09 Å². The van der Waals surface area contributed by atoms with Crippen LogP contribution in [-0.4, -0.2) is 46.4 Å². The number of hydrogen-bond acceptors (Lipinski definition) is 8. The lowest BCUT2D eigenvalue weighted by Crippen LogP contribution is -2.38. The third-order valence-electron chi connectivity index (χ3n) is 5.47. The van der Waals surface area contributed by atoms with Crippen molar-refractivity contribution in [3.8, 4) is 17.5 Å². The predicted molar refractivity (Wildman–Crippen MR) is 136 cm³/mol. The number of nitrogens with two attached hydrogens (primary N) is 1. The van der Waals surface area contributed by atoms with Crippen LogP contribution in [0.5, 0.6) is 0 Å². The van der Waals surface area contributed by atoms with Crippen molar-refractivity contribution in [2.45, 2.75) is 52.6 Å². The first kappa shape index (κ1) is 26.5. The molecule has 2 heterocycles. The highest BCUT2D eigenvalue weighted by molar-refractivity contribution is 5.72. The lowest BCUT2D eigenvalue weighted by atomic mass is 10.00. The number of amides is 1. The zero-order chi connectivity index (χ0) is 26.3. The molecule has 190 valence electrons. The van der Waals surface area contributed by atoms with Gasteiger partial charge < -0.3 is 24.6 Å². The second kappa shape index (κ2) is 11.6. The molecule has 0 saturated heterocycles. The van der Waals surface area contributed by atoms with E-state index in [1.807, 2.05) is 45.9 Å². The van der Waals surface area contributed by atoms with Crippen molar-refractivity contribution in [3.05, 3.63) is 65.4 Å². The van der Waals surface area contributed by atoms with Gasteiger partial charge in [0.1, 0.15) is 17.4 Å². The second-order valence-electron chi connectivity index (χ2n) is 9.44. The Morgan fingerprint density at radius 3 is 2.67 bits per heavy atom. The molecule has 0 aliphatic carbocycles. The van der Waals surface area contributed by atoms with Gasteiger partial charge in [-0.1, -0.05) is 30.8 Å². The molecule has 9 heteroatoms.